The van der Waals surface area contributed by atoms with Gasteiger partial charge in [-0.05, 0) is 50.2 Å². The average Bonchev–Trinajstić information content (AvgIpc) is 2.65. The lowest BCUT2D eigenvalue weighted by atomic mass is 9.91. The first-order chi connectivity index (χ1) is 8.03. The van der Waals surface area contributed by atoms with E-state index in [-0.39, 0.29) is 11.7 Å². The first-order valence-corrected chi connectivity index (χ1v) is 6.34. The Morgan fingerprint density at radius 1 is 1.35 bits per heavy atom. The Balaban J connectivity index is 1.99. The first kappa shape index (κ1) is 12.6. The van der Waals surface area contributed by atoms with Crippen LogP contribution in [0.25, 0.3) is 0 Å². The molecule has 0 spiro atoms. The minimum absolute atomic E-state index is 0.0888. The minimum Gasteiger partial charge on any atom is -0.388 e. The topological polar surface area (TPSA) is 29.5 Å². The molecule has 0 saturated carbocycles. The highest BCUT2D eigenvalue weighted by Gasteiger charge is 2.31. The molecular formula is C15H22O2. The van der Waals surface area contributed by atoms with Crippen molar-refractivity contribution in [3.8, 4) is 0 Å². The van der Waals surface area contributed by atoms with Crippen molar-refractivity contribution in [3.63, 3.8) is 0 Å². The Labute approximate surface area is 104 Å². The van der Waals surface area contributed by atoms with Crippen LogP contribution >= 0.6 is 0 Å². The van der Waals surface area contributed by atoms with Gasteiger partial charge in [-0.3, -0.25) is 0 Å². The molecule has 1 aromatic rings. The number of methoxy groups -OCH3 is 1. The summed E-state index contributed by atoms with van der Waals surface area (Å²) in [6, 6.07) is 8.22. The van der Waals surface area contributed by atoms with Gasteiger partial charge in [0.15, 0.2) is 0 Å². The van der Waals surface area contributed by atoms with E-state index in [1.807, 2.05) is 18.2 Å². The van der Waals surface area contributed by atoms with E-state index in [4.69, 9.17) is 4.74 Å². The number of fused-ring (bicyclic) bond motifs is 1. The molecule has 0 aromatic heterocycles. The summed E-state index contributed by atoms with van der Waals surface area (Å²) in [4.78, 5) is 0. The largest absolute Gasteiger partial charge is 0.388 e. The summed E-state index contributed by atoms with van der Waals surface area (Å²) in [5.74, 6) is 0.349. The molecule has 94 valence electrons. The molecule has 1 aliphatic carbocycles. The van der Waals surface area contributed by atoms with Gasteiger partial charge < -0.3 is 9.84 Å². The van der Waals surface area contributed by atoms with Crippen molar-refractivity contribution in [3.05, 3.63) is 35.4 Å². The van der Waals surface area contributed by atoms with Gasteiger partial charge in [-0.1, -0.05) is 24.3 Å². The highest BCUT2D eigenvalue weighted by Crippen LogP contribution is 2.39. The standard InChI is InChI=1S/C15H22O2/c1-15(2,17-3)9-8-12-10-11-6-4-5-7-13(11)14(12)16/h4-7,12,14,16H,8-10H2,1-3H3. The van der Waals surface area contributed by atoms with Crippen molar-refractivity contribution in [1.29, 1.82) is 0 Å². The molecule has 2 atom stereocenters. The van der Waals surface area contributed by atoms with Gasteiger partial charge >= 0.3 is 0 Å². The van der Waals surface area contributed by atoms with E-state index in [1.54, 1.807) is 7.11 Å². The van der Waals surface area contributed by atoms with Crippen molar-refractivity contribution >= 4 is 0 Å². The molecule has 1 aliphatic rings. The zero-order chi connectivity index (χ0) is 12.5. The number of aliphatic hydroxyl groups is 1. The fourth-order valence-corrected chi connectivity index (χ4v) is 2.55. The molecule has 2 heteroatoms. The van der Waals surface area contributed by atoms with Crippen LogP contribution in [-0.4, -0.2) is 17.8 Å². The molecule has 0 bridgehead atoms. The van der Waals surface area contributed by atoms with E-state index >= 15 is 0 Å². The molecular weight excluding hydrogens is 212 g/mol. The fraction of sp³-hybridized carbons (Fsp3) is 0.600. The molecule has 1 N–H and O–H groups in total. The molecule has 0 saturated heterocycles. The van der Waals surface area contributed by atoms with Crippen molar-refractivity contribution in [1.82, 2.24) is 0 Å². The van der Waals surface area contributed by atoms with Crippen LogP contribution < -0.4 is 0 Å². The quantitative estimate of drug-likeness (QED) is 0.867. The second kappa shape index (κ2) is 4.79. The van der Waals surface area contributed by atoms with Gasteiger partial charge in [-0.25, -0.2) is 0 Å². The summed E-state index contributed by atoms with van der Waals surface area (Å²) in [5.41, 5.74) is 2.34. The van der Waals surface area contributed by atoms with E-state index in [9.17, 15) is 5.11 Å². The number of hydrogen-bond donors (Lipinski definition) is 1. The van der Waals surface area contributed by atoms with Crippen molar-refractivity contribution in [2.24, 2.45) is 5.92 Å². The molecule has 2 unspecified atom stereocenters. The normalized spacial score (nSPS) is 23.8. The van der Waals surface area contributed by atoms with E-state index < -0.39 is 0 Å². The maximum Gasteiger partial charge on any atom is 0.0824 e. The van der Waals surface area contributed by atoms with Crippen LogP contribution in [-0.2, 0) is 11.2 Å². The highest BCUT2D eigenvalue weighted by atomic mass is 16.5. The minimum atomic E-state index is -0.293. The van der Waals surface area contributed by atoms with Gasteiger partial charge in [0.25, 0.3) is 0 Å². The number of benzene rings is 1. The molecule has 17 heavy (non-hydrogen) atoms. The van der Waals surface area contributed by atoms with E-state index in [0.29, 0.717) is 5.92 Å². The summed E-state index contributed by atoms with van der Waals surface area (Å²) in [5, 5.41) is 10.3. The second-order valence-corrected chi connectivity index (χ2v) is 5.61. The van der Waals surface area contributed by atoms with Crippen LogP contribution in [0.4, 0.5) is 0 Å². The lowest BCUT2D eigenvalue weighted by Crippen LogP contribution is -2.24. The van der Waals surface area contributed by atoms with Gasteiger partial charge in [0.2, 0.25) is 0 Å². The fourth-order valence-electron chi connectivity index (χ4n) is 2.55. The highest BCUT2D eigenvalue weighted by molar-refractivity contribution is 5.34. The number of hydrogen-bond acceptors (Lipinski definition) is 2. The van der Waals surface area contributed by atoms with E-state index in [1.165, 1.54) is 5.56 Å². The van der Waals surface area contributed by atoms with Gasteiger partial charge in [0.1, 0.15) is 0 Å². The number of aliphatic hydroxyl groups excluding tert-OH is 1. The Morgan fingerprint density at radius 2 is 2.06 bits per heavy atom. The predicted molar refractivity (Wildman–Crippen MR) is 68.9 cm³/mol. The van der Waals surface area contributed by atoms with Gasteiger partial charge in [0.05, 0.1) is 11.7 Å². The number of rotatable bonds is 4. The zero-order valence-corrected chi connectivity index (χ0v) is 10.9. The number of ether oxygens (including phenoxy) is 1. The van der Waals surface area contributed by atoms with Gasteiger partial charge in [0, 0.05) is 7.11 Å². The van der Waals surface area contributed by atoms with Crippen LogP contribution in [0.1, 0.15) is 43.9 Å². The maximum absolute atomic E-state index is 10.3. The molecule has 0 aliphatic heterocycles. The third-order valence-electron chi connectivity index (χ3n) is 3.97. The molecule has 0 heterocycles. The lowest BCUT2D eigenvalue weighted by molar-refractivity contribution is 0.00393. The van der Waals surface area contributed by atoms with Crippen LogP contribution in [0.3, 0.4) is 0 Å². The Morgan fingerprint density at radius 3 is 2.71 bits per heavy atom. The molecule has 2 nitrogen and oxygen atoms in total. The van der Waals surface area contributed by atoms with Crippen molar-refractivity contribution in [2.75, 3.05) is 7.11 Å². The van der Waals surface area contributed by atoms with Crippen molar-refractivity contribution < 1.29 is 9.84 Å². The Hall–Kier alpha value is -0.860. The summed E-state index contributed by atoms with van der Waals surface area (Å²) in [6.07, 6.45) is 2.70. The second-order valence-electron chi connectivity index (χ2n) is 5.61. The van der Waals surface area contributed by atoms with Gasteiger partial charge in [-0.15, -0.1) is 0 Å². The Bertz CT molecular complexity index is 384. The summed E-state index contributed by atoms with van der Waals surface area (Å²) < 4.78 is 5.43. The SMILES string of the molecule is COC(C)(C)CCC1Cc2ccccc2C1O. The molecule has 2 rings (SSSR count). The Kier molecular flexibility index (Phi) is 3.55. The van der Waals surface area contributed by atoms with Crippen molar-refractivity contribution in [2.45, 2.75) is 44.8 Å². The van der Waals surface area contributed by atoms with Crippen LogP contribution in [0.5, 0.6) is 0 Å². The molecule has 0 fully saturated rings. The van der Waals surface area contributed by atoms with Gasteiger partial charge in [-0.2, -0.15) is 0 Å². The summed E-state index contributed by atoms with van der Waals surface area (Å²) in [6.45, 7) is 4.20. The van der Waals surface area contributed by atoms with E-state index in [2.05, 4.69) is 19.9 Å². The van der Waals surface area contributed by atoms with E-state index in [0.717, 1.165) is 24.8 Å². The monoisotopic (exact) mass is 234 g/mol. The third kappa shape index (κ3) is 2.70. The zero-order valence-electron chi connectivity index (χ0n) is 10.9. The predicted octanol–water partition coefficient (Wildman–Crippen LogP) is 3.10. The smallest absolute Gasteiger partial charge is 0.0824 e. The molecule has 1 aromatic carbocycles. The maximum atomic E-state index is 10.3. The first-order valence-electron chi connectivity index (χ1n) is 6.34. The van der Waals surface area contributed by atoms with Crippen LogP contribution in [0.15, 0.2) is 24.3 Å². The average molecular weight is 234 g/mol. The third-order valence-corrected chi connectivity index (χ3v) is 3.97. The summed E-state index contributed by atoms with van der Waals surface area (Å²) >= 11 is 0. The molecule has 0 amide bonds. The lowest BCUT2D eigenvalue weighted by Gasteiger charge is -2.25. The molecule has 0 radical (unpaired) electrons. The van der Waals surface area contributed by atoms with Crippen LogP contribution in [0.2, 0.25) is 0 Å². The van der Waals surface area contributed by atoms with Crippen LogP contribution in [0, 0.1) is 5.92 Å². The summed E-state index contributed by atoms with van der Waals surface area (Å²) in [7, 11) is 1.75.